The van der Waals surface area contributed by atoms with Gasteiger partial charge in [-0.05, 0) is 36.4 Å². The molecule has 0 N–H and O–H groups in total. The molecule has 3 aromatic rings. The summed E-state index contributed by atoms with van der Waals surface area (Å²) in [5, 5.41) is 16.4. The van der Waals surface area contributed by atoms with Crippen LogP contribution in [0.1, 0.15) is 25.8 Å². The molecule has 0 atom stereocenters. The number of tetrazole rings is 1. The zero-order valence-electron chi connectivity index (χ0n) is 12.0. The zero-order chi connectivity index (χ0) is 15.5. The maximum Gasteiger partial charge on any atom is 0.237 e. The molecule has 2 heterocycles. The van der Waals surface area contributed by atoms with E-state index < -0.39 is 0 Å². The first-order chi connectivity index (χ1) is 10.6. The van der Waals surface area contributed by atoms with Crippen molar-refractivity contribution in [1.29, 1.82) is 0 Å². The number of aromatic nitrogens is 6. The van der Waals surface area contributed by atoms with E-state index in [1.54, 1.807) is 4.68 Å². The summed E-state index contributed by atoms with van der Waals surface area (Å²) < 4.78 is 8.02. The van der Waals surface area contributed by atoms with Crippen molar-refractivity contribution >= 4 is 27.7 Å². The number of benzene rings is 1. The van der Waals surface area contributed by atoms with Crippen LogP contribution in [-0.2, 0) is 5.75 Å². The van der Waals surface area contributed by atoms with Crippen molar-refractivity contribution in [2.45, 2.75) is 30.8 Å². The van der Waals surface area contributed by atoms with Crippen molar-refractivity contribution < 1.29 is 4.52 Å². The second kappa shape index (κ2) is 6.57. The lowest BCUT2D eigenvalue weighted by molar-refractivity contribution is 0.391. The van der Waals surface area contributed by atoms with E-state index in [2.05, 4.69) is 41.6 Å². The molecule has 0 spiro atoms. The lowest BCUT2D eigenvalue weighted by atomic mass is 10.2. The first-order valence-electron chi connectivity index (χ1n) is 6.62. The molecule has 0 bridgehead atoms. The zero-order valence-corrected chi connectivity index (χ0v) is 14.4. The number of hydrogen-bond acceptors (Lipinski definition) is 7. The van der Waals surface area contributed by atoms with Gasteiger partial charge in [0.15, 0.2) is 0 Å². The minimum atomic E-state index is 0.206. The van der Waals surface area contributed by atoms with E-state index in [1.165, 1.54) is 11.8 Å². The summed E-state index contributed by atoms with van der Waals surface area (Å²) in [7, 11) is 0. The quantitative estimate of drug-likeness (QED) is 0.627. The van der Waals surface area contributed by atoms with Crippen LogP contribution in [0, 0.1) is 0 Å². The van der Waals surface area contributed by atoms with Crippen molar-refractivity contribution in [3.05, 3.63) is 34.6 Å². The summed E-state index contributed by atoms with van der Waals surface area (Å²) in [6.07, 6.45) is 0. The van der Waals surface area contributed by atoms with E-state index in [4.69, 9.17) is 4.52 Å². The van der Waals surface area contributed by atoms with Crippen molar-refractivity contribution in [3.8, 4) is 11.4 Å². The Balaban J connectivity index is 1.71. The van der Waals surface area contributed by atoms with E-state index >= 15 is 0 Å². The van der Waals surface area contributed by atoms with Gasteiger partial charge in [-0.15, -0.1) is 5.10 Å². The molecule has 0 aliphatic heterocycles. The molecular weight excluding hydrogens is 368 g/mol. The standard InChI is InChI=1S/C13H13BrN6OS/c1-8(2)20-13(16-18-19-20)22-7-11-15-12(17-21-11)9-4-3-5-10(14)6-9/h3-6,8H,7H2,1-2H3. The van der Waals surface area contributed by atoms with Crippen molar-refractivity contribution in [3.63, 3.8) is 0 Å². The van der Waals surface area contributed by atoms with Gasteiger partial charge in [0.1, 0.15) is 0 Å². The largest absolute Gasteiger partial charge is 0.338 e. The molecular formula is C13H13BrN6OS. The number of hydrogen-bond donors (Lipinski definition) is 0. The van der Waals surface area contributed by atoms with Gasteiger partial charge in [-0.25, -0.2) is 4.68 Å². The van der Waals surface area contributed by atoms with E-state index in [0.29, 0.717) is 17.5 Å². The molecule has 0 saturated heterocycles. The highest BCUT2D eigenvalue weighted by atomic mass is 79.9. The van der Waals surface area contributed by atoms with E-state index in [0.717, 1.165) is 15.2 Å². The number of halogens is 1. The molecule has 22 heavy (non-hydrogen) atoms. The molecule has 1 aromatic carbocycles. The van der Waals surface area contributed by atoms with Gasteiger partial charge in [0.2, 0.25) is 16.9 Å². The Morgan fingerprint density at radius 1 is 1.36 bits per heavy atom. The Morgan fingerprint density at radius 3 is 3.00 bits per heavy atom. The summed E-state index contributed by atoms with van der Waals surface area (Å²) in [5.41, 5.74) is 0.904. The normalized spacial score (nSPS) is 11.3. The number of rotatable bonds is 5. The molecule has 2 aromatic heterocycles. The van der Waals surface area contributed by atoms with Gasteiger partial charge in [-0.1, -0.05) is 45.0 Å². The van der Waals surface area contributed by atoms with Gasteiger partial charge in [-0.3, -0.25) is 0 Å². The maximum atomic E-state index is 5.28. The summed E-state index contributed by atoms with van der Waals surface area (Å²) in [6, 6.07) is 7.97. The smallest absolute Gasteiger partial charge is 0.237 e. The van der Waals surface area contributed by atoms with Gasteiger partial charge in [0.05, 0.1) is 11.8 Å². The maximum absolute atomic E-state index is 5.28. The van der Waals surface area contributed by atoms with Crippen LogP contribution in [0.15, 0.2) is 38.4 Å². The monoisotopic (exact) mass is 380 g/mol. The fourth-order valence-electron chi connectivity index (χ4n) is 1.79. The molecule has 0 amide bonds. The molecule has 3 rings (SSSR count). The molecule has 0 aliphatic rings. The van der Waals surface area contributed by atoms with Crippen LogP contribution in [0.2, 0.25) is 0 Å². The highest BCUT2D eigenvalue weighted by Crippen LogP contribution is 2.24. The second-order valence-electron chi connectivity index (χ2n) is 4.81. The molecule has 0 aliphatic carbocycles. The third-order valence-electron chi connectivity index (χ3n) is 2.83. The summed E-state index contributed by atoms with van der Waals surface area (Å²) in [4.78, 5) is 4.40. The van der Waals surface area contributed by atoms with Gasteiger partial charge >= 0.3 is 0 Å². The average Bonchev–Trinajstić information content (AvgIpc) is 3.14. The Labute approximate surface area is 139 Å². The predicted octanol–water partition coefficient (Wildman–Crippen LogP) is 3.36. The lowest BCUT2D eigenvalue weighted by Gasteiger charge is -2.05. The Morgan fingerprint density at radius 2 is 2.23 bits per heavy atom. The Hall–Kier alpha value is -1.74. The lowest BCUT2D eigenvalue weighted by Crippen LogP contribution is -2.04. The minimum absolute atomic E-state index is 0.206. The van der Waals surface area contributed by atoms with Crippen LogP contribution in [0.25, 0.3) is 11.4 Å². The van der Waals surface area contributed by atoms with E-state index in [1.807, 2.05) is 38.1 Å². The van der Waals surface area contributed by atoms with Crippen LogP contribution in [0.3, 0.4) is 0 Å². The first-order valence-corrected chi connectivity index (χ1v) is 8.40. The molecule has 9 heteroatoms. The molecule has 7 nitrogen and oxygen atoms in total. The highest BCUT2D eigenvalue weighted by molar-refractivity contribution is 9.10. The Bertz CT molecular complexity index is 771. The van der Waals surface area contributed by atoms with Gasteiger partial charge in [0.25, 0.3) is 0 Å². The van der Waals surface area contributed by atoms with E-state index in [9.17, 15) is 0 Å². The third-order valence-corrected chi connectivity index (χ3v) is 4.24. The fourth-order valence-corrected chi connectivity index (χ4v) is 3.03. The molecule has 0 unspecified atom stereocenters. The summed E-state index contributed by atoms with van der Waals surface area (Å²) >= 11 is 4.90. The van der Waals surface area contributed by atoms with Gasteiger partial charge < -0.3 is 4.52 Å². The van der Waals surface area contributed by atoms with Crippen LogP contribution < -0.4 is 0 Å². The van der Waals surface area contributed by atoms with E-state index in [-0.39, 0.29) is 6.04 Å². The van der Waals surface area contributed by atoms with Crippen molar-refractivity contribution in [2.24, 2.45) is 0 Å². The SMILES string of the molecule is CC(C)n1nnnc1SCc1nc(-c2cccc(Br)c2)no1. The Kier molecular flexibility index (Phi) is 4.53. The molecule has 114 valence electrons. The van der Waals surface area contributed by atoms with Crippen LogP contribution in [0.4, 0.5) is 0 Å². The molecule has 0 saturated carbocycles. The third kappa shape index (κ3) is 3.36. The van der Waals surface area contributed by atoms with Gasteiger partial charge in [-0.2, -0.15) is 4.98 Å². The van der Waals surface area contributed by atoms with Crippen molar-refractivity contribution in [1.82, 2.24) is 30.3 Å². The second-order valence-corrected chi connectivity index (χ2v) is 6.67. The van der Waals surface area contributed by atoms with Gasteiger partial charge in [0, 0.05) is 10.0 Å². The van der Waals surface area contributed by atoms with Crippen molar-refractivity contribution in [2.75, 3.05) is 0 Å². The molecule has 0 fully saturated rings. The summed E-state index contributed by atoms with van der Waals surface area (Å²) in [6.45, 7) is 4.05. The first kappa shape index (κ1) is 15.2. The topological polar surface area (TPSA) is 82.5 Å². The van der Waals surface area contributed by atoms with Crippen LogP contribution >= 0.6 is 27.7 Å². The van der Waals surface area contributed by atoms with Crippen LogP contribution in [-0.4, -0.2) is 30.3 Å². The number of nitrogens with zero attached hydrogens (tertiary/aromatic N) is 6. The average molecular weight is 381 g/mol. The molecule has 0 radical (unpaired) electrons. The highest BCUT2D eigenvalue weighted by Gasteiger charge is 2.13. The number of thioether (sulfide) groups is 1. The minimum Gasteiger partial charge on any atom is -0.338 e. The summed E-state index contributed by atoms with van der Waals surface area (Å²) in [5.74, 6) is 1.63. The van der Waals surface area contributed by atoms with Crippen LogP contribution in [0.5, 0.6) is 0 Å². The predicted molar refractivity (Wildman–Crippen MR) is 85.2 cm³/mol. The fraction of sp³-hybridized carbons (Fsp3) is 0.308.